The Morgan fingerprint density at radius 2 is 1.83 bits per heavy atom. The predicted molar refractivity (Wildman–Crippen MR) is 110 cm³/mol. The van der Waals surface area contributed by atoms with Gasteiger partial charge in [0.05, 0.1) is 22.3 Å². The van der Waals surface area contributed by atoms with E-state index in [4.69, 9.17) is 5.14 Å². The van der Waals surface area contributed by atoms with E-state index in [-0.39, 0.29) is 23.4 Å². The Morgan fingerprint density at radius 3 is 2.45 bits per heavy atom. The van der Waals surface area contributed by atoms with E-state index in [9.17, 15) is 23.1 Å². The van der Waals surface area contributed by atoms with Gasteiger partial charge in [-0.15, -0.1) is 0 Å². The number of hydrogen-bond donors (Lipinski definition) is 2. The van der Waals surface area contributed by atoms with Crippen LogP contribution in [0.1, 0.15) is 26.7 Å². The largest absolute Gasteiger partial charge is 0.465 e. The van der Waals surface area contributed by atoms with Crippen LogP contribution in [-0.4, -0.2) is 38.1 Å². The number of sulfonamides is 1. The molecule has 29 heavy (non-hydrogen) atoms. The van der Waals surface area contributed by atoms with Crippen LogP contribution in [0.4, 0.5) is 16.2 Å². The van der Waals surface area contributed by atoms with Crippen LogP contribution in [0, 0.1) is 0 Å². The van der Waals surface area contributed by atoms with Gasteiger partial charge in [-0.25, -0.2) is 18.4 Å². The van der Waals surface area contributed by atoms with Gasteiger partial charge in [-0.05, 0) is 48.7 Å². The molecule has 1 atom stereocenters. The molecule has 2 aromatic carbocycles. The lowest BCUT2D eigenvalue weighted by atomic mass is 10.0. The van der Waals surface area contributed by atoms with Crippen LogP contribution in [0.25, 0.3) is 11.1 Å². The third-order valence-corrected chi connectivity index (χ3v) is 5.78. The molecule has 1 heterocycles. The maximum absolute atomic E-state index is 12.6. The van der Waals surface area contributed by atoms with Gasteiger partial charge in [-0.2, -0.15) is 0 Å². The van der Waals surface area contributed by atoms with Gasteiger partial charge in [0.1, 0.15) is 0 Å². The Labute approximate surface area is 169 Å². The first-order valence-corrected chi connectivity index (χ1v) is 10.8. The van der Waals surface area contributed by atoms with E-state index in [1.807, 2.05) is 13.8 Å². The molecule has 1 aliphatic rings. The molecule has 0 radical (unpaired) electrons. The number of anilines is 2. The molecule has 0 aromatic heterocycles. The fourth-order valence-corrected chi connectivity index (χ4v) is 4.11. The molecule has 2 aromatic rings. The third-order valence-electron chi connectivity index (χ3n) is 4.87. The van der Waals surface area contributed by atoms with E-state index in [1.165, 1.54) is 17.0 Å². The Hall–Kier alpha value is -2.91. The first-order chi connectivity index (χ1) is 13.6. The van der Waals surface area contributed by atoms with Crippen molar-refractivity contribution in [2.45, 2.75) is 37.6 Å². The van der Waals surface area contributed by atoms with Gasteiger partial charge in [-0.1, -0.05) is 25.1 Å². The van der Waals surface area contributed by atoms with Gasteiger partial charge in [0.25, 0.3) is 0 Å². The number of hydrogen-bond acceptors (Lipinski definition) is 4. The highest BCUT2D eigenvalue weighted by molar-refractivity contribution is 7.89. The highest BCUT2D eigenvalue weighted by Crippen LogP contribution is 2.39. The highest BCUT2D eigenvalue weighted by Gasteiger charge is 2.34. The summed E-state index contributed by atoms with van der Waals surface area (Å²) in [6, 6.07) is 10.9. The van der Waals surface area contributed by atoms with E-state index in [2.05, 4.69) is 0 Å². The molecule has 3 N–H and O–H groups in total. The first-order valence-electron chi connectivity index (χ1n) is 9.23. The molecular weight excluding hydrogens is 394 g/mol. The molecule has 0 aliphatic carbocycles. The molecule has 0 saturated heterocycles. The molecule has 0 unspecified atom stereocenters. The number of carboxylic acid groups (broad SMARTS) is 1. The summed E-state index contributed by atoms with van der Waals surface area (Å²) in [5, 5.41) is 14.9. The second-order valence-corrected chi connectivity index (χ2v) is 8.59. The Morgan fingerprint density at radius 1 is 1.14 bits per heavy atom. The zero-order valence-corrected chi connectivity index (χ0v) is 17.0. The van der Waals surface area contributed by atoms with Crippen LogP contribution >= 0.6 is 0 Å². The molecule has 0 bridgehead atoms. The summed E-state index contributed by atoms with van der Waals surface area (Å²) < 4.78 is 23.3. The lowest BCUT2D eigenvalue weighted by molar-refractivity contribution is -0.119. The van der Waals surface area contributed by atoms with Crippen molar-refractivity contribution in [3.63, 3.8) is 0 Å². The SMILES string of the molecule is CCCC(=O)N1c2ccc(-c3cccc(S(N)(=O)=O)c3)cc2N(C(=O)O)C[C@@H]1C. The minimum Gasteiger partial charge on any atom is -0.465 e. The minimum atomic E-state index is -3.87. The number of nitrogens with two attached hydrogens (primary N) is 1. The molecule has 3 rings (SSSR count). The summed E-state index contributed by atoms with van der Waals surface area (Å²) in [7, 11) is -3.87. The van der Waals surface area contributed by atoms with Crippen LogP contribution < -0.4 is 14.9 Å². The second kappa shape index (κ2) is 7.84. The number of benzene rings is 2. The number of amides is 2. The Kier molecular flexibility index (Phi) is 5.63. The molecule has 154 valence electrons. The normalized spacial score (nSPS) is 16.4. The van der Waals surface area contributed by atoms with Crippen molar-refractivity contribution in [2.24, 2.45) is 5.14 Å². The number of nitrogens with zero attached hydrogens (tertiary/aromatic N) is 2. The zero-order valence-electron chi connectivity index (χ0n) is 16.2. The van der Waals surface area contributed by atoms with Gasteiger partial charge in [0.2, 0.25) is 15.9 Å². The maximum atomic E-state index is 12.6. The van der Waals surface area contributed by atoms with Crippen LogP contribution in [0.2, 0.25) is 0 Å². The topological polar surface area (TPSA) is 121 Å². The fourth-order valence-electron chi connectivity index (χ4n) is 3.55. The highest BCUT2D eigenvalue weighted by atomic mass is 32.2. The van der Waals surface area contributed by atoms with Crippen molar-refractivity contribution in [3.8, 4) is 11.1 Å². The van der Waals surface area contributed by atoms with Gasteiger partial charge in [-0.3, -0.25) is 9.69 Å². The smallest absolute Gasteiger partial charge is 0.411 e. The van der Waals surface area contributed by atoms with Gasteiger partial charge in [0.15, 0.2) is 0 Å². The summed E-state index contributed by atoms with van der Waals surface area (Å²) in [6.07, 6.45) is -0.0517. The van der Waals surface area contributed by atoms with E-state index in [1.54, 1.807) is 35.2 Å². The quantitative estimate of drug-likeness (QED) is 0.792. The number of carbonyl (C=O) groups excluding carboxylic acids is 1. The molecule has 2 amide bonds. The van der Waals surface area contributed by atoms with E-state index in [0.717, 1.165) is 0 Å². The van der Waals surface area contributed by atoms with E-state index in [0.29, 0.717) is 35.3 Å². The van der Waals surface area contributed by atoms with Gasteiger partial charge in [0, 0.05) is 13.0 Å². The third kappa shape index (κ3) is 4.10. The molecule has 0 spiro atoms. The van der Waals surface area contributed by atoms with Crippen molar-refractivity contribution >= 4 is 33.4 Å². The van der Waals surface area contributed by atoms with Crippen LogP contribution in [0.5, 0.6) is 0 Å². The van der Waals surface area contributed by atoms with Crippen molar-refractivity contribution in [2.75, 3.05) is 16.3 Å². The molecular formula is C20H23N3O5S. The summed E-state index contributed by atoms with van der Waals surface area (Å²) in [4.78, 5) is 27.3. The lowest BCUT2D eigenvalue weighted by Crippen LogP contribution is -2.51. The molecule has 9 heteroatoms. The average Bonchev–Trinajstić information content (AvgIpc) is 2.66. The van der Waals surface area contributed by atoms with Crippen LogP contribution in [0.3, 0.4) is 0 Å². The Balaban J connectivity index is 2.13. The summed E-state index contributed by atoms with van der Waals surface area (Å²) in [5.41, 5.74) is 2.11. The van der Waals surface area contributed by atoms with E-state index >= 15 is 0 Å². The van der Waals surface area contributed by atoms with Crippen LogP contribution in [0.15, 0.2) is 47.4 Å². The number of fused-ring (bicyclic) bond motifs is 1. The monoisotopic (exact) mass is 417 g/mol. The average molecular weight is 417 g/mol. The summed E-state index contributed by atoms with van der Waals surface area (Å²) in [5.74, 6) is -0.0599. The first kappa shape index (κ1) is 20.8. The van der Waals surface area contributed by atoms with Gasteiger partial charge >= 0.3 is 6.09 Å². The fraction of sp³-hybridized carbons (Fsp3) is 0.300. The van der Waals surface area contributed by atoms with Crippen molar-refractivity contribution in [3.05, 3.63) is 42.5 Å². The number of primary sulfonamides is 1. The maximum Gasteiger partial charge on any atom is 0.411 e. The van der Waals surface area contributed by atoms with Crippen LogP contribution in [-0.2, 0) is 14.8 Å². The predicted octanol–water partition coefficient (Wildman–Crippen LogP) is 3.02. The standard InChI is InChI=1S/C20H23N3O5S/c1-3-5-19(24)23-13(2)12-22(20(25)26)18-11-15(8-9-17(18)23)14-6-4-7-16(10-14)29(21,27)28/h4,6-11,13H,3,5,12H2,1-2H3,(H,25,26)(H2,21,27,28)/t13-/m0/s1. The number of rotatable bonds is 4. The molecule has 1 aliphatic heterocycles. The minimum absolute atomic E-state index is 0.0313. The second-order valence-electron chi connectivity index (χ2n) is 7.03. The van der Waals surface area contributed by atoms with Crippen molar-refractivity contribution < 1.29 is 23.1 Å². The zero-order chi connectivity index (χ0) is 21.3. The number of carbonyl (C=O) groups is 2. The van der Waals surface area contributed by atoms with Crippen molar-refractivity contribution in [1.82, 2.24) is 0 Å². The summed E-state index contributed by atoms with van der Waals surface area (Å²) >= 11 is 0. The lowest BCUT2D eigenvalue weighted by Gasteiger charge is -2.40. The molecule has 0 fully saturated rings. The molecule has 8 nitrogen and oxygen atoms in total. The van der Waals surface area contributed by atoms with Gasteiger partial charge < -0.3 is 10.0 Å². The Bertz CT molecular complexity index is 1070. The summed E-state index contributed by atoms with van der Waals surface area (Å²) in [6.45, 7) is 3.88. The molecule has 0 saturated carbocycles. The van der Waals surface area contributed by atoms with Crippen molar-refractivity contribution in [1.29, 1.82) is 0 Å². The van der Waals surface area contributed by atoms with E-state index < -0.39 is 16.1 Å².